The second kappa shape index (κ2) is 11.2. The van der Waals surface area contributed by atoms with Crippen LogP contribution in [0.3, 0.4) is 0 Å². The number of methoxy groups -OCH3 is 1. The van der Waals surface area contributed by atoms with Gasteiger partial charge in [-0.1, -0.05) is 43.2 Å². The lowest BCUT2D eigenvalue weighted by Gasteiger charge is -2.33. The van der Waals surface area contributed by atoms with Gasteiger partial charge in [0.05, 0.1) is 12.7 Å². The fraction of sp³-hybridized carbons (Fsp3) is 0.481. The molecule has 2 aromatic carbocycles. The molecule has 0 unspecified atom stereocenters. The van der Waals surface area contributed by atoms with Crippen molar-refractivity contribution in [1.29, 1.82) is 0 Å². The van der Waals surface area contributed by atoms with Gasteiger partial charge in [-0.15, -0.1) is 0 Å². The molecule has 1 saturated heterocycles. The van der Waals surface area contributed by atoms with Gasteiger partial charge in [-0.3, -0.25) is 0 Å². The Morgan fingerprint density at radius 2 is 1.76 bits per heavy atom. The Hall–Kier alpha value is -3.02. The van der Waals surface area contributed by atoms with Gasteiger partial charge < -0.3 is 19.7 Å². The highest BCUT2D eigenvalue weighted by atomic mass is 16.5. The molecule has 33 heavy (non-hydrogen) atoms. The maximum absolute atomic E-state index is 12.4. The number of carbonyl (C=O) groups excluding carboxylic acids is 2. The highest BCUT2D eigenvalue weighted by Crippen LogP contribution is 2.34. The van der Waals surface area contributed by atoms with Crippen molar-refractivity contribution in [3.05, 3.63) is 65.7 Å². The van der Waals surface area contributed by atoms with Crippen LogP contribution in [-0.2, 0) is 16.1 Å². The molecule has 1 amide bonds. The SMILES string of the molecule is COC(=O)c1ccc(N2CC[C@H](C[C@@H]3CCCC[C@H]3NC(=O)OCc3ccccc3)C2)cc1. The number of carbonyl (C=O) groups is 2. The zero-order valence-corrected chi connectivity index (χ0v) is 19.4. The highest BCUT2D eigenvalue weighted by molar-refractivity contribution is 5.89. The molecule has 176 valence electrons. The van der Waals surface area contributed by atoms with E-state index in [2.05, 4.69) is 10.2 Å². The van der Waals surface area contributed by atoms with Crippen LogP contribution in [0.5, 0.6) is 0 Å². The monoisotopic (exact) mass is 450 g/mol. The Bertz CT molecular complexity index is 915. The Kier molecular flexibility index (Phi) is 7.87. The summed E-state index contributed by atoms with van der Waals surface area (Å²) in [6.45, 7) is 2.34. The first-order chi connectivity index (χ1) is 16.1. The number of amides is 1. The molecule has 1 aliphatic heterocycles. The van der Waals surface area contributed by atoms with Crippen LogP contribution < -0.4 is 10.2 Å². The number of nitrogens with one attached hydrogen (secondary N) is 1. The van der Waals surface area contributed by atoms with Gasteiger partial charge in [-0.25, -0.2) is 9.59 Å². The quantitative estimate of drug-likeness (QED) is 0.589. The molecule has 1 N–H and O–H groups in total. The zero-order valence-electron chi connectivity index (χ0n) is 19.4. The molecule has 2 aromatic rings. The van der Waals surface area contributed by atoms with Crippen molar-refractivity contribution in [3.63, 3.8) is 0 Å². The molecule has 6 nitrogen and oxygen atoms in total. The minimum absolute atomic E-state index is 0.190. The van der Waals surface area contributed by atoms with Gasteiger partial charge in [0.2, 0.25) is 0 Å². The van der Waals surface area contributed by atoms with Crippen LogP contribution in [0, 0.1) is 11.8 Å². The van der Waals surface area contributed by atoms with E-state index in [0.717, 1.165) is 56.4 Å². The molecule has 1 aliphatic carbocycles. The molecular formula is C27H34N2O4. The van der Waals surface area contributed by atoms with Gasteiger partial charge >= 0.3 is 12.1 Å². The van der Waals surface area contributed by atoms with Crippen LogP contribution in [0.15, 0.2) is 54.6 Å². The minimum atomic E-state index is -0.311. The van der Waals surface area contributed by atoms with Gasteiger partial charge in [0.1, 0.15) is 6.61 Å². The lowest BCUT2D eigenvalue weighted by molar-refractivity contribution is 0.0600. The van der Waals surface area contributed by atoms with E-state index in [1.807, 2.05) is 54.6 Å². The summed E-state index contributed by atoms with van der Waals surface area (Å²) in [7, 11) is 1.40. The van der Waals surface area contributed by atoms with Crippen molar-refractivity contribution in [2.45, 2.75) is 51.2 Å². The van der Waals surface area contributed by atoms with E-state index in [-0.39, 0.29) is 18.1 Å². The van der Waals surface area contributed by atoms with Crippen LogP contribution in [-0.4, -0.2) is 38.3 Å². The van der Waals surface area contributed by atoms with E-state index in [0.29, 0.717) is 24.0 Å². The summed E-state index contributed by atoms with van der Waals surface area (Å²) < 4.78 is 10.3. The van der Waals surface area contributed by atoms with E-state index < -0.39 is 0 Å². The van der Waals surface area contributed by atoms with Gasteiger partial charge in [-0.2, -0.15) is 0 Å². The van der Waals surface area contributed by atoms with E-state index in [1.54, 1.807) is 0 Å². The molecule has 2 fully saturated rings. The average molecular weight is 451 g/mol. The van der Waals surface area contributed by atoms with Crippen molar-refractivity contribution < 1.29 is 19.1 Å². The second-order valence-corrected chi connectivity index (χ2v) is 9.23. The van der Waals surface area contributed by atoms with Crippen molar-refractivity contribution in [2.24, 2.45) is 11.8 Å². The fourth-order valence-corrected chi connectivity index (χ4v) is 5.21. The number of anilines is 1. The van der Waals surface area contributed by atoms with E-state index in [1.165, 1.54) is 13.5 Å². The predicted molar refractivity (Wildman–Crippen MR) is 128 cm³/mol. The van der Waals surface area contributed by atoms with Crippen molar-refractivity contribution in [3.8, 4) is 0 Å². The number of benzene rings is 2. The molecular weight excluding hydrogens is 416 g/mol. The normalized spacial score (nSPS) is 22.6. The first-order valence-corrected chi connectivity index (χ1v) is 12.0. The zero-order chi connectivity index (χ0) is 23.0. The van der Waals surface area contributed by atoms with Crippen molar-refractivity contribution >= 4 is 17.7 Å². The largest absolute Gasteiger partial charge is 0.465 e. The second-order valence-electron chi connectivity index (χ2n) is 9.23. The summed E-state index contributed by atoms with van der Waals surface area (Å²) in [5.74, 6) is 0.798. The number of hydrogen-bond donors (Lipinski definition) is 1. The molecule has 3 atom stereocenters. The number of rotatable bonds is 7. The summed E-state index contributed by atoms with van der Waals surface area (Å²) in [5, 5.41) is 3.16. The Morgan fingerprint density at radius 1 is 1.00 bits per heavy atom. The molecule has 2 aliphatic rings. The molecule has 4 rings (SSSR count). The Balaban J connectivity index is 1.27. The molecule has 1 saturated carbocycles. The van der Waals surface area contributed by atoms with E-state index >= 15 is 0 Å². The van der Waals surface area contributed by atoms with E-state index in [4.69, 9.17) is 9.47 Å². The topological polar surface area (TPSA) is 67.9 Å². The smallest absolute Gasteiger partial charge is 0.407 e. The fourth-order valence-electron chi connectivity index (χ4n) is 5.21. The molecule has 0 radical (unpaired) electrons. The summed E-state index contributed by atoms with van der Waals surface area (Å²) in [6, 6.07) is 17.6. The molecule has 1 heterocycles. The van der Waals surface area contributed by atoms with Gasteiger partial charge in [0.25, 0.3) is 0 Å². The maximum Gasteiger partial charge on any atom is 0.407 e. The Labute approximate surface area is 196 Å². The summed E-state index contributed by atoms with van der Waals surface area (Å²) >= 11 is 0. The first kappa shape index (κ1) is 23.1. The third kappa shape index (κ3) is 6.28. The van der Waals surface area contributed by atoms with Gasteiger partial charge in [0, 0.05) is 24.8 Å². The number of hydrogen-bond acceptors (Lipinski definition) is 5. The molecule has 6 heteroatoms. The van der Waals surface area contributed by atoms with E-state index in [9.17, 15) is 9.59 Å². The highest BCUT2D eigenvalue weighted by Gasteiger charge is 2.32. The maximum atomic E-state index is 12.4. The van der Waals surface area contributed by atoms with Crippen LogP contribution >= 0.6 is 0 Å². The molecule has 0 bridgehead atoms. The first-order valence-electron chi connectivity index (χ1n) is 12.0. The summed E-state index contributed by atoms with van der Waals surface area (Å²) in [6.07, 6.45) is 6.54. The minimum Gasteiger partial charge on any atom is -0.465 e. The van der Waals surface area contributed by atoms with Gasteiger partial charge in [0.15, 0.2) is 0 Å². The summed E-state index contributed by atoms with van der Waals surface area (Å²) in [4.78, 5) is 26.5. The summed E-state index contributed by atoms with van der Waals surface area (Å²) in [5.41, 5.74) is 2.72. The average Bonchev–Trinajstić information content (AvgIpc) is 3.33. The number of nitrogens with zero attached hydrogens (tertiary/aromatic N) is 1. The van der Waals surface area contributed by atoms with Crippen molar-refractivity contribution in [2.75, 3.05) is 25.1 Å². The van der Waals surface area contributed by atoms with Crippen LogP contribution in [0.4, 0.5) is 10.5 Å². The van der Waals surface area contributed by atoms with Crippen LogP contribution in [0.25, 0.3) is 0 Å². The van der Waals surface area contributed by atoms with Crippen LogP contribution in [0.2, 0.25) is 0 Å². The lowest BCUT2D eigenvalue weighted by atomic mass is 9.79. The van der Waals surface area contributed by atoms with Crippen molar-refractivity contribution in [1.82, 2.24) is 5.32 Å². The predicted octanol–water partition coefficient (Wildman–Crippen LogP) is 5.17. The van der Waals surface area contributed by atoms with Gasteiger partial charge in [-0.05, 0) is 67.3 Å². The number of ether oxygens (including phenoxy) is 2. The van der Waals surface area contributed by atoms with Crippen LogP contribution in [0.1, 0.15) is 54.4 Å². The number of esters is 1. The lowest BCUT2D eigenvalue weighted by Crippen LogP contribution is -2.43. The third-order valence-corrected chi connectivity index (χ3v) is 7.00. The molecule has 0 spiro atoms. The number of alkyl carbamates (subject to hydrolysis) is 1. The molecule has 0 aromatic heterocycles. The third-order valence-electron chi connectivity index (χ3n) is 7.00. The standard InChI is InChI=1S/C27H34N2O4/c1-32-26(30)22-11-13-24(14-12-22)29-16-15-21(18-29)17-23-9-5-6-10-25(23)28-27(31)33-19-20-7-3-2-4-8-20/h2-4,7-8,11-14,21,23,25H,5-6,9-10,15-19H2,1H3,(H,28,31)/t21-,23+,25-/m1/s1. The Morgan fingerprint density at radius 3 is 2.52 bits per heavy atom.